The Balaban J connectivity index is 2.42. The van der Waals surface area contributed by atoms with Gasteiger partial charge in [-0.1, -0.05) is 18.3 Å². The number of halogens is 5. The van der Waals surface area contributed by atoms with Crippen molar-refractivity contribution in [3.05, 3.63) is 11.1 Å². The van der Waals surface area contributed by atoms with E-state index in [0.29, 0.717) is 11.3 Å². The third-order valence-electron chi connectivity index (χ3n) is 3.43. The van der Waals surface area contributed by atoms with E-state index in [0.717, 1.165) is 13.2 Å². The summed E-state index contributed by atoms with van der Waals surface area (Å²) in [4.78, 5) is 0. The smallest absolute Gasteiger partial charge is 0.394 e. The Morgan fingerprint density at radius 2 is 1.87 bits per heavy atom. The number of rotatable bonds is 4. The summed E-state index contributed by atoms with van der Waals surface area (Å²) in [5, 5.41) is 9.22. The summed E-state index contributed by atoms with van der Waals surface area (Å²) >= 11 is 0.387. The average Bonchev–Trinajstić information content (AvgIpc) is 2.88. The normalized spacial score (nSPS) is 26.2. The van der Waals surface area contributed by atoms with Crippen LogP contribution >= 0.6 is 11.3 Å². The topological polar surface area (TPSA) is 63.6 Å². The summed E-state index contributed by atoms with van der Waals surface area (Å²) in [7, 11) is -3.93. The Kier molecular flexibility index (Phi) is 4.68. The first-order chi connectivity index (χ1) is 10.4. The van der Waals surface area contributed by atoms with Gasteiger partial charge < -0.3 is 9.84 Å². The van der Waals surface area contributed by atoms with Crippen molar-refractivity contribution in [1.29, 1.82) is 0 Å². The molecule has 0 saturated carbocycles. The SMILES string of the molecule is C[C@H](COc1sc(S(C)(=O)=O)c2c1[C@H](F)[C@@H](F)[C@H]2O)C(F)(F)F. The number of hydrogen-bond donors (Lipinski definition) is 1. The van der Waals surface area contributed by atoms with Gasteiger partial charge in [0.05, 0.1) is 11.5 Å². The van der Waals surface area contributed by atoms with Crippen LogP contribution in [0.4, 0.5) is 22.0 Å². The quantitative estimate of drug-likeness (QED) is 0.816. The summed E-state index contributed by atoms with van der Waals surface area (Å²) in [5.74, 6) is -1.88. The number of ether oxygens (including phenoxy) is 1. The second kappa shape index (κ2) is 5.85. The van der Waals surface area contributed by atoms with Gasteiger partial charge in [0, 0.05) is 11.8 Å². The van der Waals surface area contributed by atoms with Crippen LogP contribution in [-0.4, -0.2) is 38.7 Å². The highest BCUT2D eigenvalue weighted by molar-refractivity contribution is 7.92. The van der Waals surface area contributed by atoms with E-state index in [2.05, 4.69) is 0 Å². The second-order valence-corrected chi connectivity index (χ2v) is 8.52. The molecule has 0 spiro atoms. The fourth-order valence-corrected chi connectivity index (χ4v) is 4.54. The predicted octanol–water partition coefficient (Wildman–Crippen LogP) is 3.12. The molecule has 4 atom stereocenters. The Hall–Kier alpha value is -0.940. The number of sulfone groups is 1. The second-order valence-electron chi connectivity index (χ2n) is 5.32. The Bertz CT molecular complexity index is 697. The van der Waals surface area contributed by atoms with E-state index in [-0.39, 0.29) is 0 Å². The van der Waals surface area contributed by atoms with Gasteiger partial charge in [0.2, 0.25) is 0 Å². The van der Waals surface area contributed by atoms with Gasteiger partial charge >= 0.3 is 6.18 Å². The third kappa shape index (κ3) is 3.31. The molecule has 4 nitrogen and oxygen atoms in total. The molecule has 1 N–H and O–H groups in total. The lowest BCUT2D eigenvalue weighted by atomic mass is 10.2. The van der Waals surface area contributed by atoms with Crippen molar-refractivity contribution in [1.82, 2.24) is 0 Å². The highest BCUT2D eigenvalue weighted by Crippen LogP contribution is 2.54. The average molecular weight is 380 g/mol. The Morgan fingerprint density at radius 1 is 1.30 bits per heavy atom. The van der Waals surface area contributed by atoms with E-state index in [1.807, 2.05) is 0 Å². The summed E-state index contributed by atoms with van der Waals surface area (Å²) in [5.41, 5.74) is -0.989. The van der Waals surface area contributed by atoms with Crippen LogP contribution in [0.15, 0.2) is 4.21 Å². The lowest BCUT2D eigenvalue weighted by molar-refractivity contribution is -0.176. The Morgan fingerprint density at radius 3 is 2.35 bits per heavy atom. The lowest BCUT2D eigenvalue weighted by Crippen LogP contribution is -2.25. The number of aliphatic hydroxyl groups excluding tert-OH is 1. The van der Waals surface area contributed by atoms with Crippen molar-refractivity contribution in [2.75, 3.05) is 12.9 Å². The number of thiophene rings is 1. The highest BCUT2D eigenvalue weighted by atomic mass is 32.2. The van der Waals surface area contributed by atoms with Gasteiger partial charge in [0.25, 0.3) is 0 Å². The number of hydrogen-bond acceptors (Lipinski definition) is 5. The van der Waals surface area contributed by atoms with Crippen molar-refractivity contribution in [2.24, 2.45) is 5.92 Å². The van der Waals surface area contributed by atoms with E-state index in [4.69, 9.17) is 4.74 Å². The first-order valence-electron chi connectivity index (χ1n) is 6.38. The molecular weight excluding hydrogens is 367 g/mol. The van der Waals surface area contributed by atoms with Crippen LogP contribution in [-0.2, 0) is 9.84 Å². The maximum absolute atomic E-state index is 14.0. The lowest BCUT2D eigenvalue weighted by Gasteiger charge is -2.16. The molecule has 11 heteroatoms. The van der Waals surface area contributed by atoms with Gasteiger partial charge in [-0.3, -0.25) is 0 Å². The fraction of sp³-hybridized carbons (Fsp3) is 0.667. The van der Waals surface area contributed by atoms with E-state index in [9.17, 15) is 35.5 Å². The van der Waals surface area contributed by atoms with Gasteiger partial charge in [-0.25, -0.2) is 17.2 Å². The van der Waals surface area contributed by atoms with Crippen LogP contribution in [0, 0.1) is 5.92 Å². The minimum atomic E-state index is -4.54. The number of fused-ring (bicyclic) bond motifs is 1. The zero-order valence-corrected chi connectivity index (χ0v) is 13.5. The van der Waals surface area contributed by atoms with Crippen molar-refractivity contribution in [2.45, 2.75) is 35.8 Å². The minimum absolute atomic E-state index is 0.387. The van der Waals surface area contributed by atoms with Gasteiger partial charge in [-0.05, 0) is 0 Å². The maximum atomic E-state index is 14.0. The molecule has 0 amide bonds. The molecule has 0 fully saturated rings. The molecule has 1 aliphatic rings. The van der Waals surface area contributed by atoms with Crippen LogP contribution in [0.2, 0.25) is 0 Å². The molecule has 1 aromatic rings. The molecule has 0 bridgehead atoms. The number of aliphatic hydroxyl groups is 1. The van der Waals surface area contributed by atoms with Crippen LogP contribution < -0.4 is 4.74 Å². The number of alkyl halides is 5. The fourth-order valence-electron chi connectivity index (χ4n) is 2.11. The molecule has 0 saturated heterocycles. The van der Waals surface area contributed by atoms with Crippen molar-refractivity contribution < 1.29 is 40.2 Å². The van der Waals surface area contributed by atoms with E-state index in [1.54, 1.807) is 0 Å². The maximum Gasteiger partial charge on any atom is 0.394 e. The highest BCUT2D eigenvalue weighted by Gasteiger charge is 2.48. The van der Waals surface area contributed by atoms with E-state index < -0.39 is 67.4 Å². The van der Waals surface area contributed by atoms with Crippen molar-refractivity contribution >= 4 is 21.2 Å². The van der Waals surface area contributed by atoms with Gasteiger partial charge in [0.1, 0.15) is 16.9 Å². The molecule has 132 valence electrons. The van der Waals surface area contributed by atoms with Crippen LogP contribution in [0.5, 0.6) is 5.06 Å². The Labute approximate surface area is 132 Å². The molecule has 1 aliphatic carbocycles. The zero-order valence-electron chi connectivity index (χ0n) is 11.9. The molecule has 1 aromatic heterocycles. The molecule has 0 aromatic carbocycles. The molecule has 1 heterocycles. The van der Waals surface area contributed by atoms with Crippen LogP contribution in [0.3, 0.4) is 0 Å². The largest absolute Gasteiger partial charge is 0.483 e. The first kappa shape index (κ1) is 18.4. The summed E-state index contributed by atoms with van der Waals surface area (Å²) in [6.45, 7) is -0.0372. The monoisotopic (exact) mass is 380 g/mol. The third-order valence-corrected chi connectivity index (χ3v) is 6.41. The molecular formula is C12H13F5O4S2. The molecule has 0 radical (unpaired) electrons. The zero-order chi connectivity index (χ0) is 17.7. The minimum Gasteiger partial charge on any atom is -0.483 e. The summed E-state index contributed by atoms with van der Waals surface area (Å²) in [6, 6.07) is 0. The summed E-state index contributed by atoms with van der Waals surface area (Å²) in [6.07, 6.45) is -10.5. The molecule has 0 aliphatic heterocycles. The summed E-state index contributed by atoms with van der Waals surface area (Å²) < 4.78 is 92.8. The van der Waals surface area contributed by atoms with Gasteiger partial charge in [0.15, 0.2) is 27.2 Å². The molecule has 2 rings (SSSR count). The van der Waals surface area contributed by atoms with Crippen molar-refractivity contribution in [3.8, 4) is 5.06 Å². The van der Waals surface area contributed by atoms with Gasteiger partial charge in [-0.2, -0.15) is 13.2 Å². The van der Waals surface area contributed by atoms with E-state index >= 15 is 0 Å². The molecule has 23 heavy (non-hydrogen) atoms. The van der Waals surface area contributed by atoms with E-state index in [1.165, 1.54) is 0 Å². The van der Waals surface area contributed by atoms with Crippen LogP contribution in [0.1, 0.15) is 30.3 Å². The van der Waals surface area contributed by atoms with Crippen molar-refractivity contribution in [3.63, 3.8) is 0 Å². The predicted molar refractivity (Wildman–Crippen MR) is 71.8 cm³/mol. The molecule has 0 unspecified atom stereocenters. The first-order valence-corrected chi connectivity index (χ1v) is 9.08. The van der Waals surface area contributed by atoms with Crippen LogP contribution in [0.25, 0.3) is 0 Å². The van der Waals surface area contributed by atoms with Gasteiger partial charge in [-0.15, -0.1) is 0 Å². The standard InChI is InChI=1S/C12H13F5O4S2/c1-4(12(15,16)17)3-21-10-5-6(9(18)8(14)7(5)13)11(22-10)23(2,19)20/h4,7-9,18H,3H2,1-2H3/t4-,7+,8-,9+/m1/s1.